The number of para-hydroxylation sites is 1. The van der Waals surface area contributed by atoms with Crippen molar-refractivity contribution in [2.45, 2.75) is 50.2 Å². The van der Waals surface area contributed by atoms with Gasteiger partial charge < -0.3 is 15.0 Å². The zero-order chi connectivity index (χ0) is 32.6. The number of carbonyl (C=O) groups is 2. The average molecular weight is 632 g/mol. The van der Waals surface area contributed by atoms with E-state index in [0.717, 1.165) is 15.9 Å². The first-order chi connectivity index (χ1) is 21.4. The number of halogens is 1. The van der Waals surface area contributed by atoms with Crippen molar-refractivity contribution >= 4 is 27.5 Å². The Labute approximate surface area is 264 Å². The van der Waals surface area contributed by atoms with Crippen LogP contribution in [0.3, 0.4) is 0 Å². The summed E-state index contributed by atoms with van der Waals surface area (Å²) in [6, 6.07) is 28.2. The number of amides is 2. The maximum Gasteiger partial charge on any atom is 0.264 e. The third kappa shape index (κ3) is 8.69. The van der Waals surface area contributed by atoms with Gasteiger partial charge in [0.15, 0.2) is 0 Å². The molecule has 236 valence electrons. The fourth-order valence-corrected chi connectivity index (χ4v) is 6.30. The first-order valence-corrected chi connectivity index (χ1v) is 15.9. The molecule has 0 heterocycles. The highest BCUT2D eigenvalue weighted by molar-refractivity contribution is 7.92. The molecule has 45 heavy (non-hydrogen) atoms. The minimum absolute atomic E-state index is 0.0401. The molecule has 0 aliphatic carbocycles. The van der Waals surface area contributed by atoms with E-state index in [1.54, 1.807) is 42.5 Å². The van der Waals surface area contributed by atoms with E-state index in [0.29, 0.717) is 11.3 Å². The summed E-state index contributed by atoms with van der Waals surface area (Å²) in [6.45, 7) is 4.72. The van der Waals surface area contributed by atoms with Crippen LogP contribution < -0.4 is 14.4 Å². The molecule has 0 aromatic heterocycles. The van der Waals surface area contributed by atoms with E-state index in [4.69, 9.17) is 4.74 Å². The van der Waals surface area contributed by atoms with E-state index in [-0.39, 0.29) is 23.5 Å². The summed E-state index contributed by atoms with van der Waals surface area (Å²) in [7, 11) is -2.87. The van der Waals surface area contributed by atoms with Gasteiger partial charge in [0.05, 0.1) is 17.7 Å². The zero-order valence-electron chi connectivity index (χ0n) is 25.8. The molecule has 2 amide bonds. The van der Waals surface area contributed by atoms with Gasteiger partial charge in [0.1, 0.15) is 24.2 Å². The van der Waals surface area contributed by atoms with Crippen LogP contribution >= 0.6 is 0 Å². The van der Waals surface area contributed by atoms with E-state index >= 15 is 4.39 Å². The summed E-state index contributed by atoms with van der Waals surface area (Å²) in [5.41, 5.74) is 0.562. The second kappa shape index (κ2) is 14.4. The fourth-order valence-electron chi connectivity index (χ4n) is 4.86. The molecule has 0 radical (unpaired) electrons. The highest BCUT2D eigenvalue weighted by atomic mass is 32.2. The molecule has 0 saturated carbocycles. The first kappa shape index (κ1) is 33.2. The summed E-state index contributed by atoms with van der Waals surface area (Å²) in [5.74, 6) is -1.36. The van der Waals surface area contributed by atoms with Crippen molar-refractivity contribution in [1.29, 1.82) is 0 Å². The van der Waals surface area contributed by atoms with E-state index < -0.39 is 45.8 Å². The van der Waals surface area contributed by atoms with Gasteiger partial charge in [0.25, 0.3) is 10.0 Å². The Bertz CT molecular complexity index is 1710. The van der Waals surface area contributed by atoms with Crippen molar-refractivity contribution in [2.75, 3.05) is 18.0 Å². The topological polar surface area (TPSA) is 96.0 Å². The van der Waals surface area contributed by atoms with Crippen LogP contribution in [0.25, 0.3) is 0 Å². The molecule has 1 unspecified atom stereocenters. The molecule has 0 aliphatic heterocycles. The predicted octanol–water partition coefficient (Wildman–Crippen LogP) is 5.58. The average Bonchev–Trinajstić information content (AvgIpc) is 3.02. The molecule has 4 aromatic rings. The number of carbonyl (C=O) groups excluding carboxylic acids is 2. The third-order valence-corrected chi connectivity index (χ3v) is 8.76. The van der Waals surface area contributed by atoms with Gasteiger partial charge in [0.2, 0.25) is 11.8 Å². The van der Waals surface area contributed by atoms with Crippen molar-refractivity contribution < 1.29 is 27.1 Å². The maximum absolute atomic E-state index is 15.2. The lowest BCUT2D eigenvalue weighted by Crippen LogP contribution is -2.56. The van der Waals surface area contributed by atoms with Crippen LogP contribution in [-0.4, -0.2) is 50.4 Å². The number of sulfonamides is 1. The zero-order valence-corrected chi connectivity index (χ0v) is 26.6. The van der Waals surface area contributed by atoms with Crippen molar-refractivity contribution in [2.24, 2.45) is 0 Å². The third-order valence-electron chi connectivity index (χ3n) is 6.99. The number of rotatable bonds is 12. The molecule has 0 bridgehead atoms. The number of nitrogens with zero attached hydrogens (tertiary/aromatic N) is 2. The molecule has 0 spiro atoms. The van der Waals surface area contributed by atoms with Gasteiger partial charge in [-0.15, -0.1) is 0 Å². The van der Waals surface area contributed by atoms with Gasteiger partial charge in [-0.1, -0.05) is 72.8 Å². The lowest BCUT2D eigenvalue weighted by Gasteiger charge is -2.35. The second-order valence-corrected chi connectivity index (χ2v) is 13.5. The van der Waals surface area contributed by atoms with Crippen molar-refractivity contribution in [3.05, 3.63) is 126 Å². The fraction of sp³-hybridized carbons (Fsp3) is 0.257. The van der Waals surface area contributed by atoms with Crippen molar-refractivity contribution in [1.82, 2.24) is 10.2 Å². The number of ether oxygens (including phenoxy) is 1. The quantitative estimate of drug-likeness (QED) is 0.220. The van der Waals surface area contributed by atoms with Gasteiger partial charge in [-0.3, -0.25) is 13.9 Å². The molecule has 1 atom stereocenters. The molecule has 10 heteroatoms. The Morgan fingerprint density at radius 3 is 2.07 bits per heavy atom. The van der Waals surface area contributed by atoms with Gasteiger partial charge in [-0.25, -0.2) is 12.8 Å². The normalized spacial score (nSPS) is 12.2. The standard InChI is InChI=1S/C35H38FN3O5S/c1-35(2,3)37-34(41)32(23-26-14-7-5-8-15-26)38(24-27-16-13-17-28(22-27)44-4)33(40)25-39(31-21-12-11-20-30(31)36)45(42,43)29-18-9-6-10-19-29/h5-22,32H,23-25H2,1-4H3,(H,37,41). The summed E-state index contributed by atoms with van der Waals surface area (Å²) >= 11 is 0. The number of nitrogens with one attached hydrogen (secondary N) is 1. The van der Waals surface area contributed by atoms with Gasteiger partial charge in [-0.05, 0) is 68.3 Å². The van der Waals surface area contributed by atoms with Gasteiger partial charge in [-0.2, -0.15) is 0 Å². The first-order valence-electron chi connectivity index (χ1n) is 14.5. The van der Waals surface area contributed by atoms with Crippen LogP contribution in [0.4, 0.5) is 10.1 Å². The molecular formula is C35H38FN3O5S. The van der Waals surface area contributed by atoms with Crippen molar-refractivity contribution in [3.8, 4) is 5.75 Å². The van der Waals surface area contributed by atoms with Crippen LogP contribution in [0.5, 0.6) is 5.75 Å². The number of hydrogen-bond donors (Lipinski definition) is 1. The van der Waals surface area contributed by atoms with Crippen LogP contribution in [0.15, 0.2) is 114 Å². The van der Waals surface area contributed by atoms with Crippen LogP contribution in [0.2, 0.25) is 0 Å². The smallest absolute Gasteiger partial charge is 0.264 e. The summed E-state index contributed by atoms with van der Waals surface area (Å²) in [5, 5.41) is 2.98. The highest BCUT2D eigenvalue weighted by Gasteiger charge is 2.36. The molecule has 8 nitrogen and oxygen atoms in total. The Hall–Kier alpha value is -4.70. The largest absolute Gasteiger partial charge is 0.497 e. The Morgan fingerprint density at radius 1 is 0.844 bits per heavy atom. The van der Waals surface area contributed by atoms with Crippen LogP contribution in [-0.2, 0) is 32.6 Å². The van der Waals surface area contributed by atoms with Gasteiger partial charge >= 0.3 is 0 Å². The SMILES string of the molecule is COc1cccc(CN(C(=O)CN(c2ccccc2F)S(=O)(=O)c2ccccc2)C(Cc2ccccc2)C(=O)NC(C)(C)C)c1. The molecule has 0 fully saturated rings. The minimum atomic E-state index is -4.40. The van der Waals surface area contributed by atoms with Crippen LogP contribution in [0, 0.1) is 5.82 Å². The lowest BCUT2D eigenvalue weighted by molar-refractivity contribution is -0.140. The number of benzene rings is 4. The van der Waals surface area contributed by atoms with E-state index in [2.05, 4.69) is 5.32 Å². The summed E-state index contributed by atoms with van der Waals surface area (Å²) in [6.07, 6.45) is 0.156. The van der Waals surface area contributed by atoms with E-state index in [1.807, 2.05) is 51.1 Å². The molecule has 1 N–H and O–H groups in total. The molecule has 4 aromatic carbocycles. The number of methoxy groups -OCH3 is 1. The monoisotopic (exact) mass is 631 g/mol. The Morgan fingerprint density at radius 2 is 1.44 bits per heavy atom. The Balaban J connectivity index is 1.83. The predicted molar refractivity (Wildman–Crippen MR) is 173 cm³/mol. The van der Waals surface area contributed by atoms with E-state index in [9.17, 15) is 18.0 Å². The van der Waals surface area contributed by atoms with E-state index in [1.165, 1.54) is 42.3 Å². The Kier molecular flexibility index (Phi) is 10.6. The molecule has 4 rings (SSSR count). The number of anilines is 1. The van der Waals surface area contributed by atoms with Crippen molar-refractivity contribution in [3.63, 3.8) is 0 Å². The molecule has 0 saturated heterocycles. The summed E-state index contributed by atoms with van der Waals surface area (Å²) in [4.78, 5) is 29.6. The molecular weight excluding hydrogens is 593 g/mol. The number of hydrogen-bond acceptors (Lipinski definition) is 5. The molecule has 0 aliphatic rings. The lowest BCUT2D eigenvalue weighted by atomic mass is 10.0. The summed E-state index contributed by atoms with van der Waals surface area (Å²) < 4.78 is 49.3. The minimum Gasteiger partial charge on any atom is -0.497 e. The maximum atomic E-state index is 15.2. The van der Waals surface area contributed by atoms with Gasteiger partial charge in [0, 0.05) is 18.5 Å². The van der Waals surface area contributed by atoms with Crippen LogP contribution in [0.1, 0.15) is 31.9 Å². The second-order valence-electron chi connectivity index (χ2n) is 11.6. The highest BCUT2D eigenvalue weighted by Crippen LogP contribution is 2.27.